The molecule has 0 spiro atoms. The average molecular weight is 364 g/mol. The van der Waals surface area contributed by atoms with Gasteiger partial charge in [0.1, 0.15) is 11.1 Å². The molecule has 1 fully saturated rings. The summed E-state index contributed by atoms with van der Waals surface area (Å²) in [6.45, 7) is 5.94. The van der Waals surface area contributed by atoms with Gasteiger partial charge in [0.2, 0.25) is 0 Å². The van der Waals surface area contributed by atoms with Crippen molar-refractivity contribution in [1.29, 1.82) is 0 Å². The number of fused-ring (bicyclic) bond motifs is 1. The first kappa shape index (κ1) is 17.9. The van der Waals surface area contributed by atoms with Gasteiger partial charge in [0.05, 0.1) is 22.7 Å². The van der Waals surface area contributed by atoms with Crippen LogP contribution in [0.5, 0.6) is 0 Å². The molecular formula is C18H22ClN3O3. The summed E-state index contributed by atoms with van der Waals surface area (Å²) >= 11 is 6.14. The van der Waals surface area contributed by atoms with E-state index in [1.807, 2.05) is 26.8 Å². The number of pyridine rings is 2. The van der Waals surface area contributed by atoms with E-state index in [4.69, 9.17) is 16.3 Å². The van der Waals surface area contributed by atoms with E-state index in [2.05, 4.69) is 9.97 Å². The topological polar surface area (TPSA) is 75.5 Å². The van der Waals surface area contributed by atoms with Crippen molar-refractivity contribution in [1.82, 2.24) is 14.9 Å². The van der Waals surface area contributed by atoms with Gasteiger partial charge >= 0.3 is 6.09 Å². The second-order valence-corrected chi connectivity index (χ2v) is 7.70. The highest BCUT2D eigenvalue weighted by Gasteiger charge is 2.35. The van der Waals surface area contributed by atoms with Crippen LogP contribution in [-0.4, -0.2) is 44.3 Å². The smallest absolute Gasteiger partial charge is 0.410 e. The molecule has 134 valence electrons. The van der Waals surface area contributed by atoms with E-state index >= 15 is 0 Å². The van der Waals surface area contributed by atoms with E-state index in [-0.39, 0.29) is 12.1 Å². The second-order valence-electron chi connectivity index (χ2n) is 7.30. The quantitative estimate of drug-likeness (QED) is 0.835. The van der Waals surface area contributed by atoms with E-state index in [0.717, 1.165) is 5.56 Å². The summed E-state index contributed by atoms with van der Waals surface area (Å²) in [7, 11) is 0. The van der Waals surface area contributed by atoms with Gasteiger partial charge in [0, 0.05) is 18.9 Å². The van der Waals surface area contributed by atoms with Crippen molar-refractivity contribution in [3.63, 3.8) is 0 Å². The second kappa shape index (κ2) is 6.77. The first-order chi connectivity index (χ1) is 11.7. The SMILES string of the molecule is CC(C)(C)OC(=O)N1CCC(O)CC1c1cnc2c(Cl)ccnc2c1. The number of hydrogen-bond acceptors (Lipinski definition) is 5. The number of rotatable bonds is 1. The van der Waals surface area contributed by atoms with Crippen LogP contribution in [0.15, 0.2) is 24.5 Å². The predicted molar refractivity (Wildman–Crippen MR) is 95.5 cm³/mol. The zero-order valence-electron chi connectivity index (χ0n) is 14.6. The van der Waals surface area contributed by atoms with Crippen molar-refractivity contribution in [3.8, 4) is 0 Å². The molecule has 3 heterocycles. The molecule has 0 saturated carbocycles. The van der Waals surface area contributed by atoms with Gasteiger partial charge in [0.25, 0.3) is 0 Å². The lowest BCUT2D eigenvalue weighted by Gasteiger charge is -2.38. The maximum atomic E-state index is 12.6. The summed E-state index contributed by atoms with van der Waals surface area (Å²) in [6, 6.07) is 3.25. The third-order valence-electron chi connectivity index (χ3n) is 4.14. The zero-order valence-corrected chi connectivity index (χ0v) is 15.3. The molecule has 1 amide bonds. The molecule has 25 heavy (non-hydrogen) atoms. The monoisotopic (exact) mass is 363 g/mol. The fraction of sp³-hybridized carbons (Fsp3) is 0.500. The van der Waals surface area contributed by atoms with Crippen molar-refractivity contribution in [2.75, 3.05) is 6.54 Å². The van der Waals surface area contributed by atoms with Crippen LogP contribution in [0.3, 0.4) is 0 Å². The lowest BCUT2D eigenvalue weighted by molar-refractivity contribution is -0.00845. The number of ether oxygens (including phenoxy) is 1. The number of aliphatic hydroxyl groups is 1. The Balaban J connectivity index is 1.94. The Hall–Kier alpha value is -1.92. The molecular weight excluding hydrogens is 342 g/mol. The van der Waals surface area contributed by atoms with Crippen LogP contribution < -0.4 is 0 Å². The Morgan fingerprint density at radius 3 is 2.88 bits per heavy atom. The number of amides is 1. The van der Waals surface area contributed by atoms with Crippen LogP contribution in [0.4, 0.5) is 4.79 Å². The number of nitrogens with zero attached hydrogens (tertiary/aromatic N) is 3. The average Bonchev–Trinajstić information content (AvgIpc) is 2.53. The highest BCUT2D eigenvalue weighted by molar-refractivity contribution is 6.34. The number of halogens is 1. The Morgan fingerprint density at radius 2 is 2.16 bits per heavy atom. The number of likely N-dealkylation sites (tertiary alicyclic amines) is 1. The van der Waals surface area contributed by atoms with E-state index in [0.29, 0.717) is 35.4 Å². The first-order valence-electron chi connectivity index (χ1n) is 8.32. The van der Waals surface area contributed by atoms with Gasteiger partial charge in [-0.3, -0.25) is 9.97 Å². The normalized spacial score (nSPS) is 21.4. The summed E-state index contributed by atoms with van der Waals surface area (Å²) in [5.41, 5.74) is 1.52. The Labute approximate surface area is 151 Å². The summed E-state index contributed by atoms with van der Waals surface area (Å²) in [5, 5.41) is 10.6. The number of carbonyl (C=O) groups excluding carboxylic acids is 1. The lowest BCUT2D eigenvalue weighted by Crippen LogP contribution is -2.45. The molecule has 1 N–H and O–H groups in total. The summed E-state index contributed by atoms with van der Waals surface area (Å²) in [6.07, 6.45) is 3.43. The van der Waals surface area contributed by atoms with Gasteiger partial charge in [-0.05, 0) is 51.3 Å². The molecule has 2 unspecified atom stereocenters. The number of aromatic nitrogens is 2. The standard InChI is InChI=1S/C18H22ClN3O3/c1-18(2,3)25-17(24)22-7-5-12(23)9-15(22)11-8-14-16(21-10-11)13(19)4-6-20-14/h4,6,8,10,12,15,23H,5,7,9H2,1-3H3. The van der Waals surface area contributed by atoms with Gasteiger partial charge in [-0.1, -0.05) is 11.6 Å². The molecule has 7 heteroatoms. The van der Waals surface area contributed by atoms with E-state index < -0.39 is 11.7 Å². The van der Waals surface area contributed by atoms with Gasteiger partial charge in [-0.2, -0.15) is 0 Å². The third-order valence-corrected chi connectivity index (χ3v) is 4.44. The van der Waals surface area contributed by atoms with E-state index in [1.165, 1.54) is 0 Å². The minimum atomic E-state index is -0.575. The molecule has 2 aromatic rings. The minimum Gasteiger partial charge on any atom is -0.444 e. The molecule has 0 aromatic carbocycles. The number of carbonyl (C=O) groups is 1. The molecule has 2 aromatic heterocycles. The Morgan fingerprint density at radius 1 is 1.40 bits per heavy atom. The van der Waals surface area contributed by atoms with Crippen LogP contribution in [0, 0.1) is 0 Å². The molecule has 1 aliphatic rings. The zero-order chi connectivity index (χ0) is 18.2. The lowest BCUT2D eigenvalue weighted by atomic mass is 9.94. The van der Waals surface area contributed by atoms with Gasteiger partial charge in [-0.15, -0.1) is 0 Å². The Bertz CT molecular complexity index is 791. The molecule has 0 aliphatic carbocycles. The van der Waals surface area contributed by atoms with E-state index in [9.17, 15) is 9.90 Å². The first-order valence-corrected chi connectivity index (χ1v) is 8.70. The number of aliphatic hydroxyl groups excluding tert-OH is 1. The van der Waals surface area contributed by atoms with Crippen LogP contribution in [0.1, 0.15) is 45.2 Å². The van der Waals surface area contributed by atoms with Crippen molar-refractivity contribution in [2.45, 2.75) is 51.4 Å². The third kappa shape index (κ3) is 4.02. The fourth-order valence-electron chi connectivity index (χ4n) is 3.00. The largest absolute Gasteiger partial charge is 0.444 e. The van der Waals surface area contributed by atoms with Crippen LogP contribution in [-0.2, 0) is 4.74 Å². The molecule has 0 bridgehead atoms. The molecule has 3 rings (SSSR count). The van der Waals surface area contributed by atoms with Crippen LogP contribution in [0.25, 0.3) is 11.0 Å². The maximum Gasteiger partial charge on any atom is 0.410 e. The van der Waals surface area contributed by atoms with Crippen molar-refractivity contribution in [3.05, 3.63) is 35.1 Å². The summed E-state index contributed by atoms with van der Waals surface area (Å²) in [5.74, 6) is 0. The van der Waals surface area contributed by atoms with Crippen molar-refractivity contribution < 1.29 is 14.6 Å². The fourth-order valence-corrected chi connectivity index (χ4v) is 3.20. The Kier molecular flexibility index (Phi) is 4.84. The molecule has 0 radical (unpaired) electrons. The maximum absolute atomic E-state index is 12.6. The molecule has 1 aliphatic heterocycles. The highest BCUT2D eigenvalue weighted by atomic mass is 35.5. The van der Waals surface area contributed by atoms with Gasteiger partial charge < -0.3 is 14.7 Å². The number of piperidine rings is 1. The highest BCUT2D eigenvalue weighted by Crippen LogP contribution is 2.33. The minimum absolute atomic E-state index is 0.309. The summed E-state index contributed by atoms with van der Waals surface area (Å²) < 4.78 is 5.52. The van der Waals surface area contributed by atoms with Gasteiger partial charge in [0.15, 0.2) is 0 Å². The molecule has 6 nitrogen and oxygen atoms in total. The molecule has 1 saturated heterocycles. The van der Waals surface area contributed by atoms with Crippen LogP contribution in [0.2, 0.25) is 5.02 Å². The summed E-state index contributed by atoms with van der Waals surface area (Å²) in [4.78, 5) is 22.9. The predicted octanol–water partition coefficient (Wildman–Crippen LogP) is 3.72. The number of hydrogen-bond donors (Lipinski definition) is 1. The van der Waals surface area contributed by atoms with Gasteiger partial charge in [-0.25, -0.2) is 4.79 Å². The van der Waals surface area contributed by atoms with Crippen molar-refractivity contribution >= 4 is 28.7 Å². The van der Waals surface area contributed by atoms with Crippen LogP contribution >= 0.6 is 11.6 Å². The van der Waals surface area contributed by atoms with E-state index in [1.54, 1.807) is 23.4 Å². The molecule has 2 atom stereocenters. The van der Waals surface area contributed by atoms with Crippen molar-refractivity contribution in [2.24, 2.45) is 0 Å².